The number of aromatic nitrogens is 1. The number of hydrogen-bond acceptors (Lipinski definition) is 4. The van der Waals surface area contributed by atoms with Crippen LogP contribution < -0.4 is 4.74 Å². The smallest absolute Gasteiger partial charge is 0.174 e. The van der Waals surface area contributed by atoms with Crippen molar-refractivity contribution in [3.05, 3.63) is 70.7 Å². The predicted octanol–water partition coefficient (Wildman–Crippen LogP) is 5.42. The number of methoxy groups -OCH3 is 1. The second kappa shape index (κ2) is 11.3. The lowest BCUT2D eigenvalue weighted by atomic mass is 9.75. The van der Waals surface area contributed by atoms with Crippen LogP contribution in [0.2, 0.25) is 0 Å². The Hall–Kier alpha value is -3.08. The third kappa shape index (κ3) is 5.83. The maximum Gasteiger partial charge on any atom is 0.174 e. The maximum atomic E-state index is 13.8. The molecule has 4 nitrogen and oxygen atoms in total. The number of benzene rings is 2. The lowest BCUT2D eigenvalue weighted by Crippen LogP contribution is -2.42. The first-order valence-corrected chi connectivity index (χ1v) is 12.2. The van der Waals surface area contributed by atoms with Crippen molar-refractivity contribution in [1.29, 1.82) is 0 Å². The number of piperidine rings is 1. The van der Waals surface area contributed by atoms with Gasteiger partial charge in [-0.15, -0.1) is 0 Å². The van der Waals surface area contributed by atoms with Crippen LogP contribution in [0.25, 0.3) is 10.9 Å². The van der Waals surface area contributed by atoms with Crippen molar-refractivity contribution in [3.8, 4) is 17.6 Å². The Morgan fingerprint density at radius 3 is 2.64 bits per heavy atom. The molecule has 0 amide bonds. The number of rotatable bonds is 7. The van der Waals surface area contributed by atoms with E-state index >= 15 is 0 Å². The van der Waals surface area contributed by atoms with Crippen molar-refractivity contribution < 1.29 is 23.0 Å². The van der Waals surface area contributed by atoms with Crippen LogP contribution in [0, 0.1) is 41.6 Å². The number of ether oxygens (including phenoxy) is 1. The molecule has 0 atom stereocenters. The number of aliphatic hydroxyl groups excluding tert-OH is 1. The minimum absolute atomic E-state index is 0.129. The van der Waals surface area contributed by atoms with E-state index in [-0.39, 0.29) is 17.6 Å². The van der Waals surface area contributed by atoms with Gasteiger partial charge in [0.2, 0.25) is 0 Å². The summed E-state index contributed by atoms with van der Waals surface area (Å²) in [5.74, 6) is 2.98. The number of aryl methyl sites for hydroxylation is 2. The van der Waals surface area contributed by atoms with Gasteiger partial charge in [0.1, 0.15) is 11.6 Å². The predicted molar refractivity (Wildman–Crippen MR) is 134 cm³/mol. The van der Waals surface area contributed by atoms with Crippen molar-refractivity contribution in [3.63, 3.8) is 0 Å². The number of aliphatic hydroxyl groups is 1. The number of nitrogens with zero attached hydrogens (tertiary/aromatic N) is 2. The summed E-state index contributed by atoms with van der Waals surface area (Å²) in [7, 11) is 1.66. The third-order valence-corrected chi connectivity index (χ3v) is 7.31. The molecule has 36 heavy (non-hydrogen) atoms. The molecule has 0 spiro atoms. The molecule has 0 unspecified atom stereocenters. The van der Waals surface area contributed by atoms with Gasteiger partial charge in [0.05, 0.1) is 24.7 Å². The highest BCUT2D eigenvalue weighted by molar-refractivity contribution is 5.84. The first kappa shape index (κ1) is 26.0. The van der Waals surface area contributed by atoms with Crippen LogP contribution in [-0.4, -0.2) is 48.3 Å². The summed E-state index contributed by atoms with van der Waals surface area (Å²) >= 11 is 0. The van der Waals surface area contributed by atoms with Crippen LogP contribution in [0.5, 0.6) is 5.75 Å². The van der Waals surface area contributed by atoms with Crippen LogP contribution in [-0.2, 0) is 6.42 Å². The summed E-state index contributed by atoms with van der Waals surface area (Å²) in [6.45, 7) is 4.09. The summed E-state index contributed by atoms with van der Waals surface area (Å²) in [5.41, 5.74) is 2.95. The van der Waals surface area contributed by atoms with Crippen LogP contribution in [0.1, 0.15) is 42.4 Å². The molecule has 0 saturated carbocycles. The monoisotopic (exact) mass is 496 g/mol. The standard InChI is InChI=1S/C29H31F3N2O2/c1-20-18-33-27-8-7-23(36-2)17-25(27)24(20)6-3-9-29(19-35)10-13-34(14-11-29)12-4-5-21-15-22(30)16-26(31)28(21)32/h7-8,15-18,35H,3,6,9-14,19H2,1-2H3. The number of likely N-dealkylation sites (tertiary alicyclic amines) is 1. The van der Waals surface area contributed by atoms with Gasteiger partial charge in [0.15, 0.2) is 11.6 Å². The van der Waals surface area contributed by atoms with E-state index in [0.717, 1.165) is 73.5 Å². The van der Waals surface area contributed by atoms with E-state index in [2.05, 4.69) is 28.6 Å². The normalized spacial score (nSPS) is 15.5. The molecule has 1 aliphatic rings. The molecule has 0 aliphatic carbocycles. The quantitative estimate of drug-likeness (QED) is 0.351. The molecule has 1 N–H and O–H groups in total. The van der Waals surface area contributed by atoms with E-state index in [1.807, 2.05) is 24.4 Å². The molecule has 3 aromatic rings. The van der Waals surface area contributed by atoms with Crippen LogP contribution in [0.3, 0.4) is 0 Å². The summed E-state index contributed by atoms with van der Waals surface area (Å²) in [4.78, 5) is 6.67. The van der Waals surface area contributed by atoms with Gasteiger partial charge < -0.3 is 9.84 Å². The van der Waals surface area contributed by atoms with Crippen molar-refractivity contribution in [1.82, 2.24) is 9.88 Å². The van der Waals surface area contributed by atoms with Crippen molar-refractivity contribution in [2.45, 2.75) is 39.0 Å². The van der Waals surface area contributed by atoms with Crippen LogP contribution >= 0.6 is 0 Å². The van der Waals surface area contributed by atoms with Gasteiger partial charge in [0, 0.05) is 24.3 Å². The van der Waals surface area contributed by atoms with Gasteiger partial charge in [-0.05, 0) is 92.9 Å². The van der Waals surface area contributed by atoms with Crippen LogP contribution in [0.15, 0.2) is 36.5 Å². The average molecular weight is 497 g/mol. The molecule has 7 heteroatoms. The van der Waals surface area contributed by atoms with E-state index < -0.39 is 17.5 Å². The minimum atomic E-state index is -1.24. The fourth-order valence-corrected chi connectivity index (χ4v) is 4.99. The first-order chi connectivity index (χ1) is 17.3. The Kier molecular flexibility index (Phi) is 8.17. The first-order valence-electron chi connectivity index (χ1n) is 12.2. The molecule has 1 aliphatic heterocycles. The van der Waals surface area contributed by atoms with Crippen LogP contribution in [0.4, 0.5) is 13.2 Å². The number of hydrogen-bond donors (Lipinski definition) is 1. The molecular weight excluding hydrogens is 465 g/mol. The summed E-state index contributed by atoms with van der Waals surface area (Å²) < 4.78 is 45.9. The minimum Gasteiger partial charge on any atom is -0.497 e. The van der Waals surface area contributed by atoms with E-state index in [9.17, 15) is 18.3 Å². The van der Waals surface area contributed by atoms with Crippen molar-refractivity contribution in [2.75, 3.05) is 33.4 Å². The number of fused-ring (bicyclic) bond motifs is 1. The SMILES string of the molecule is COc1ccc2ncc(C)c(CCCC3(CO)CCN(CC#Cc4cc(F)cc(F)c4F)CC3)c2c1. The van der Waals surface area contributed by atoms with E-state index in [4.69, 9.17) is 4.74 Å². The molecule has 1 fully saturated rings. The molecule has 2 heterocycles. The zero-order chi connectivity index (χ0) is 25.7. The molecule has 1 aromatic heterocycles. The van der Waals surface area contributed by atoms with Crippen molar-refractivity contribution in [2.24, 2.45) is 5.41 Å². The van der Waals surface area contributed by atoms with Crippen molar-refractivity contribution >= 4 is 10.9 Å². The molecule has 4 rings (SSSR count). The summed E-state index contributed by atoms with van der Waals surface area (Å²) in [6, 6.07) is 7.34. The van der Waals surface area contributed by atoms with Gasteiger partial charge in [-0.2, -0.15) is 0 Å². The maximum absolute atomic E-state index is 13.8. The second-order valence-electron chi connectivity index (χ2n) is 9.64. The lowest BCUT2D eigenvalue weighted by Gasteiger charge is -2.40. The van der Waals surface area contributed by atoms with Gasteiger partial charge >= 0.3 is 0 Å². The fraction of sp³-hybridized carbons (Fsp3) is 0.414. The molecule has 0 radical (unpaired) electrons. The Labute approximate surface area is 210 Å². The highest BCUT2D eigenvalue weighted by Gasteiger charge is 2.33. The molecule has 190 valence electrons. The van der Waals surface area contributed by atoms with E-state index in [1.165, 1.54) is 5.56 Å². The second-order valence-corrected chi connectivity index (χ2v) is 9.64. The summed E-state index contributed by atoms with van der Waals surface area (Å²) in [5, 5.41) is 11.3. The fourth-order valence-electron chi connectivity index (χ4n) is 4.99. The average Bonchev–Trinajstić information content (AvgIpc) is 2.88. The molecule has 2 aromatic carbocycles. The van der Waals surface area contributed by atoms with Gasteiger partial charge in [0.25, 0.3) is 0 Å². The van der Waals surface area contributed by atoms with E-state index in [1.54, 1.807) is 7.11 Å². The number of pyridine rings is 1. The highest BCUT2D eigenvalue weighted by Crippen LogP contribution is 2.37. The third-order valence-electron chi connectivity index (χ3n) is 7.31. The zero-order valence-electron chi connectivity index (χ0n) is 20.7. The van der Waals surface area contributed by atoms with Gasteiger partial charge in [-0.25, -0.2) is 13.2 Å². The lowest BCUT2D eigenvalue weighted by molar-refractivity contribution is 0.0401. The van der Waals surface area contributed by atoms with Gasteiger partial charge in [-0.1, -0.05) is 11.8 Å². The molecular formula is C29H31F3N2O2. The zero-order valence-corrected chi connectivity index (χ0v) is 20.7. The Balaban J connectivity index is 1.35. The molecule has 1 saturated heterocycles. The van der Waals surface area contributed by atoms with Gasteiger partial charge in [-0.3, -0.25) is 9.88 Å². The Morgan fingerprint density at radius 2 is 1.92 bits per heavy atom. The summed E-state index contributed by atoms with van der Waals surface area (Å²) in [6.07, 6.45) is 6.32. The molecule has 0 bridgehead atoms. The van der Waals surface area contributed by atoms with E-state index in [0.29, 0.717) is 12.6 Å². The number of halogens is 3. The Bertz CT molecular complexity index is 1290. The Morgan fingerprint density at radius 1 is 1.14 bits per heavy atom. The largest absolute Gasteiger partial charge is 0.497 e. The topological polar surface area (TPSA) is 45.6 Å². The highest BCUT2D eigenvalue weighted by atomic mass is 19.2.